The normalized spacial score (nSPS) is 33.5. The molecule has 0 bridgehead atoms. The van der Waals surface area contributed by atoms with Crippen molar-refractivity contribution >= 4 is 5.97 Å². The van der Waals surface area contributed by atoms with E-state index in [1.54, 1.807) is 0 Å². The van der Waals surface area contributed by atoms with Crippen molar-refractivity contribution < 1.29 is 32.9 Å². The van der Waals surface area contributed by atoms with E-state index in [1.807, 2.05) is 0 Å². The van der Waals surface area contributed by atoms with Gasteiger partial charge in [0.25, 0.3) is 0 Å². The van der Waals surface area contributed by atoms with Crippen molar-refractivity contribution in [2.24, 2.45) is 0 Å². The van der Waals surface area contributed by atoms with Crippen LogP contribution in [0, 0.1) is 0 Å². The zero-order valence-corrected chi connectivity index (χ0v) is 7.54. The van der Waals surface area contributed by atoms with Gasteiger partial charge in [-0.15, -0.1) is 0 Å². The number of nitrogens with one attached hydrogen (secondary N) is 1. The summed E-state index contributed by atoms with van der Waals surface area (Å²) in [5.74, 6) is -1.37. The lowest BCUT2D eigenvalue weighted by Gasteiger charge is -2.28. The standard InChI is InChI=1S/C7H10F3NO4/c8-7(9,10)6(14)2-11-1-4(5(12)13)15-3-6/h4,11,14H,1-3H2,(H,12,13)/t4-,6?/m0/s1. The molecule has 0 aromatic carbocycles. The Labute approximate surface area is 82.8 Å². The minimum absolute atomic E-state index is 0.270. The highest BCUT2D eigenvalue weighted by Crippen LogP contribution is 2.31. The number of carboxylic acids is 1. The Morgan fingerprint density at radius 1 is 1.53 bits per heavy atom. The Morgan fingerprint density at radius 2 is 2.13 bits per heavy atom. The van der Waals surface area contributed by atoms with Crippen LogP contribution in [0.5, 0.6) is 0 Å². The Kier molecular flexibility index (Phi) is 3.22. The number of ether oxygens (including phenoxy) is 1. The molecule has 5 nitrogen and oxygen atoms in total. The zero-order valence-electron chi connectivity index (χ0n) is 7.54. The van der Waals surface area contributed by atoms with Crippen LogP contribution in [-0.2, 0) is 9.53 Å². The van der Waals surface area contributed by atoms with E-state index in [1.165, 1.54) is 0 Å². The number of aliphatic carboxylic acids is 1. The fourth-order valence-corrected chi connectivity index (χ4v) is 1.10. The minimum Gasteiger partial charge on any atom is -0.479 e. The molecule has 88 valence electrons. The van der Waals surface area contributed by atoms with Crippen LogP contribution in [0.4, 0.5) is 13.2 Å². The van der Waals surface area contributed by atoms with Gasteiger partial charge in [-0.2, -0.15) is 13.2 Å². The third-order valence-electron chi connectivity index (χ3n) is 2.07. The minimum atomic E-state index is -4.85. The SMILES string of the molecule is O=C(O)[C@@H]1CNCC(O)(C(F)(F)F)CO1. The lowest BCUT2D eigenvalue weighted by Crippen LogP contribution is -2.54. The quantitative estimate of drug-likeness (QED) is 0.557. The molecule has 0 aromatic heterocycles. The van der Waals surface area contributed by atoms with Crippen LogP contribution < -0.4 is 5.32 Å². The van der Waals surface area contributed by atoms with Gasteiger partial charge in [0.2, 0.25) is 0 Å². The molecule has 1 aliphatic heterocycles. The average molecular weight is 229 g/mol. The maximum Gasteiger partial charge on any atom is 0.420 e. The summed E-state index contributed by atoms with van der Waals surface area (Å²) in [6, 6.07) is 0. The average Bonchev–Trinajstić information content (AvgIpc) is 2.26. The van der Waals surface area contributed by atoms with Crippen LogP contribution in [0.25, 0.3) is 0 Å². The second kappa shape index (κ2) is 3.95. The van der Waals surface area contributed by atoms with E-state index in [-0.39, 0.29) is 6.54 Å². The monoisotopic (exact) mass is 229 g/mol. The summed E-state index contributed by atoms with van der Waals surface area (Å²) in [6.45, 7) is -2.13. The molecule has 1 aliphatic rings. The molecular weight excluding hydrogens is 219 g/mol. The number of β-amino-alcohol motifs (C(OH)–C–C–N with tert-alkyl or cyclic N) is 1. The lowest BCUT2D eigenvalue weighted by atomic mass is 10.1. The van der Waals surface area contributed by atoms with Crippen molar-refractivity contribution in [3.05, 3.63) is 0 Å². The second-order valence-electron chi connectivity index (χ2n) is 3.30. The van der Waals surface area contributed by atoms with Gasteiger partial charge in [-0.25, -0.2) is 4.79 Å². The summed E-state index contributed by atoms with van der Waals surface area (Å²) in [4.78, 5) is 10.4. The molecule has 8 heteroatoms. The van der Waals surface area contributed by atoms with E-state index in [9.17, 15) is 23.1 Å². The maximum absolute atomic E-state index is 12.3. The first kappa shape index (κ1) is 12.2. The third-order valence-corrected chi connectivity index (χ3v) is 2.07. The first-order chi connectivity index (χ1) is 6.76. The molecule has 0 aliphatic carbocycles. The molecule has 1 saturated heterocycles. The van der Waals surface area contributed by atoms with Gasteiger partial charge < -0.3 is 20.3 Å². The third kappa shape index (κ3) is 2.58. The van der Waals surface area contributed by atoms with Gasteiger partial charge in [-0.1, -0.05) is 0 Å². The zero-order chi connectivity index (χ0) is 11.7. The highest BCUT2D eigenvalue weighted by molar-refractivity contribution is 5.72. The first-order valence-electron chi connectivity index (χ1n) is 4.10. The largest absolute Gasteiger partial charge is 0.479 e. The molecule has 1 heterocycles. The molecule has 0 radical (unpaired) electrons. The Balaban J connectivity index is 2.71. The highest BCUT2D eigenvalue weighted by atomic mass is 19.4. The molecule has 1 rings (SSSR count). The predicted molar refractivity (Wildman–Crippen MR) is 41.3 cm³/mol. The summed E-state index contributed by atoms with van der Waals surface area (Å²) < 4.78 is 41.4. The van der Waals surface area contributed by atoms with E-state index >= 15 is 0 Å². The van der Waals surface area contributed by atoms with Crippen molar-refractivity contribution in [1.29, 1.82) is 0 Å². The van der Waals surface area contributed by atoms with Crippen molar-refractivity contribution in [2.75, 3.05) is 19.7 Å². The number of carboxylic acid groups (broad SMARTS) is 1. The highest BCUT2D eigenvalue weighted by Gasteiger charge is 2.55. The van der Waals surface area contributed by atoms with E-state index in [0.717, 1.165) is 0 Å². The Bertz CT molecular complexity index is 257. The number of hydrogen-bond acceptors (Lipinski definition) is 4. The lowest BCUT2D eigenvalue weighted by molar-refractivity contribution is -0.271. The molecule has 1 unspecified atom stereocenters. The summed E-state index contributed by atoms with van der Waals surface area (Å²) in [6.07, 6.45) is -6.23. The van der Waals surface area contributed by atoms with Crippen molar-refractivity contribution in [3.8, 4) is 0 Å². The number of hydrogen-bond donors (Lipinski definition) is 3. The van der Waals surface area contributed by atoms with Gasteiger partial charge >= 0.3 is 12.1 Å². The molecule has 0 spiro atoms. The van der Waals surface area contributed by atoms with Gasteiger partial charge in [-0.05, 0) is 0 Å². The Hall–Kier alpha value is -0.860. The van der Waals surface area contributed by atoms with Gasteiger partial charge in [0.1, 0.15) is 0 Å². The van der Waals surface area contributed by atoms with E-state index in [2.05, 4.69) is 10.1 Å². The van der Waals surface area contributed by atoms with Crippen molar-refractivity contribution in [2.45, 2.75) is 17.9 Å². The fourth-order valence-electron chi connectivity index (χ4n) is 1.10. The molecule has 15 heavy (non-hydrogen) atoms. The summed E-state index contributed by atoms with van der Waals surface area (Å²) >= 11 is 0. The van der Waals surface area contributed by atoms with Crippen LogP contribution in [0.1, 0.15) is 0 Å². The number of carbonyl (C=O) groups is 1. The maximum atomic E-state index is 12.3. The van der Waals surface area contributed by atoms with E-state index in [4.69, 9.17) is 5.11 Å². The topological polar surface area (TPSA) is 78.8 Å². The molecule has 0 saturated carbocycles. The number of halogens is 3. The van der Waals surface area contributed by atoms with Crippen LogP contribution >= 0.6 is 0 Å². The van der Waals surface area contributed by atoms with Gasteiger partial charge in [0.05, 0.1) is 6.61 Å². The summed E-state index contributed by atoms with van der Waals surface area (Å²) in [5, 5.41) is 19.9. The van der Waals surface area contributed by atoms with Crippen LogP contribution in [0.15, 0.2) is 0 Å². The molecular formula is C7H10F3NO4. The van der Waals surface area contributed by atoms with Crippen LogP contribution in [0.2, 0.25) is 0 Å². The molecule has 3 N–H and O–H groups in total. The molecule has 0 amide bonds. The van der Waals surface area contributed by atoms with E-state index < -0.39 is 37.0 Å². The van der Waals surface area contributed by atoms with E-state index in [0.29, 0.717) is 0 Å². The van der Waals surface area contributed by atoms with Crippen molar-refractivity contribution in [3.63, 3.8) is 0 Å². The predicted octanol–water partition coefficient (Wildman–Crippen LogP) is -0.647. The molecule has 1 fully saturated rings. The first-order valence-corrected chi connectivity index (χ1v) is 4.10. The summed E-state index contributed by atoms with van der Waals surface area (Å²) in [7, 11) is 0. The summed E-state index contributed by atoms with van der Waals surface area (Å²) in [5.41, 5.74) is -3.03. The van der Waals surface area contributed by atoms with Crippen molar-refractivity contribution in [1.82, 2.24) is 5.32 Å². The molecule has 2 atom stereocenters. The van der Waals surface area contributed by atoms with Gasteiger partial charge in [0.15, 0.2) is 11.7 Å². The number of rotatable bonds is 1. The Morgan fingerprint density at radius 3 is 2.60 bits per heavy atom. The smallest absolute Gasteiger partial charge is 0.420 e. The fraction of sp³-hybridized carbons (Fsp3) is 0.857. The number of aliphatic hydroxyl groups is 1. The van der Waals surface area contributed by atoms with Gasteiger partial charge in [-0.3, -0.25) is 0 Å². The number of alkyl halides is 3. The molecule has 0 aromatic rings. The van der Waals surface area contributed by atoms with Crippen LogP contribution in [0.3, 0.4) is 0 Å². The second-order valence-corrected chi connectivity index (χ2v) is 3.30. The van der Waals surface area contributed by atoms with Crippen LogP contribution in [-0.4, -0.2) is 53.8 Å². The van der Waals surface area contributed by atoms with Gasteiger partial charge in [0, 0.05) is 13.1 Å².